The molecule has 1 saturated carbocycles. The topological polar surface area (TPSA) is 59.3 Å². The van der Waals surface area contributed by atoms with E-state index < -0.39 is 12.3 Å². The van der Waals surface area contributed by atoms with Gasteiger partial charge in [-0.25, -0.2) is 4.79 Å². The third-order valence-electron chi connectivity index (χ3n) is 5.96. The second kappa shape index (κ2) is 9.06. The Balaban J connectivity index is 1.72. The lowest BCUT2D eigenvalue weighted by Crippen LogP contribution is -2.16. The van der Waals surface area contributed by atoms with Crippen molar-refractivity contribution in [3.05, 3.63) is 50.4 Å². The fourth-order valence-corrected chi connectivity index (χ4v) is 4.62. The van der Waals surface area contributed by atoms with Gasteiger partial charge in [0.15, 0.2) is 0 Å². The van der Waals surface area contributed by atoms with Gasteiger partial charge in [-0.1, -0.05) is 44.2 Å². The molecule has 4 nitrogen and oxygen atoms in total. The third-order valence-corrected chi connectivity index (χ3v) is 6.49. The fraction of sp³-hybridized carbons (Fsp3) is 0.478. The van der Waals surface area contributed by atoms with Gasteiger partial charge >= 0.3 is 6.16 Å². The Morgan fingerprint density at radius 2 is 2.10 bits per heavy atom. The molecule has 1 aromatic carbocycles. The minimum absolute atomic E-state index is 0.0904. The molecule has 1 fully saturated rings. The van der Waals surface area contributed by atoms with Gasteiger partial charge in [0, 0.05) is 16.9 Å². The number of carbonyl (C=O) groups excluding carboxylic acids is 1. The van der Waals surface area contributed by atoms with Crippen molar-refractivity contribution in [2.24, 2.45) is 11.3 Å². The van der Waals surface area contributed by atoms with E-state index in [-0.39, 0.29) is 17.4 Å². The molecule has 0 aliphatic heterocycles. The van der Waals surface area contributed by atoms with Gasteiger partial charge in [0.25, 0.3) is 0 Å². The van der Waals surface area contributed by atoms with E-state index in [1.54, 1.807) is 0 Å². The van der Waals surface area contributed by atoms with Gasteiger partial charge in [0.1, 0.15) is 12.2 Å². The van der Waals surface area contributed by atoms with Gasteiger partial charge < -0.3 is 9.47 Å². The Morgan fingerprint density at radius 1 is 1.34 bits per heavy atom. The lowest BCUT2D eigenvalue weighted by Gasteiger charge is -2.19. The highest BCUT2D eigenvalue weighted by molar-refractivity contribution is 9.28. The SMILES string of the molecule is Cc1c(C2=CCCCC2)cccc1C(C#N)OC(=O)OC1C(C=C(Br)Br)C1(C)C. The highest BCUT2D eigenvalue weighted by atomic mass is 79.9. The molecule has 0 aromatic heterocycles. The van der Waals surface area contributed by atoms with E-state index in [2.05, 4.69) is 50.1 Å². The maximum Gasteiger partial charge on any atom is 0.510 e. The van der Waals surface area contributed by atoms with Crippen molar-refractivity contribution in [3.63, 3.8) is 0 Å². The molecule has 29 heavy (non-hydrogen) atoms. The molecule has 0 heterocycles. The number of hydrogen-bond acceptors (Lipinski definition) is 4. The zero-order valence-corrected chi connectivity index (χ0v) is 20.0. The molecule has 3 atom stereocenters. The first-order valence-corrected chi connectivity index (χ1v) is 11.4. The summed E-state index contributed by atoms with van der Waals surface area (Å²) in [4.78, 5) is 12.4. The Morgan fingerprint density at radius 3 is 2.72 bits per heavy atom. The Kier molecular flexibility index (Phi) is 6.90. The van der Waals surface area contributed by atoms with Crippen LogP contribution in [0.25, 0.3) is 5.57 Å². The van der Waals surface area contributed by atoms with Gasteiger partial charge in [-0.3, -0.25) is 0 Å². The smallest absolute Gasteiger partial charge is 0.430 e. The number of rotatable bonds is 5. The summed E-state index contributed by atoms with van der Waals surface area (Å²) in [6, 6.07) is 7.95. The van der Waals surface area contributed by atoms with Gasteiger partial charge in [0.05, 0.1) is 3.39 Å². The van der Waals surface area contributed by atoms with Crippen LogP contribution in [0.1, 0.15) is 62.3 Å². The highest BCUT2D eigenvalue weighted by Gasteiger charge is 2.60. The van der Waals surface area contributed by atoms with Crippen LogP contribution in [0, 0.1) is 29.6 Å². The number of nitriles is 1. The van der Waals surface area contributed by atoms with Crippen LogP contribution >= 0.6 is 31.9 Å². The zero-order chi connectivity index (χ0) is 21.2. The van der Waals surface area contributed by atoms with Crippen LogP contribution in [-0.2, 0) is 9.47 Å². The molecule has 3 unspecified atom stereocenters. The molecule has 154 valence electrons. The van der Waals surface area contributed by atoms with Crippen molar-refractivity contribution in [2.45, 2.75) is 58.7 Å². The van der Waals surface area contributed by atoms with Crippen molar-refractivity contribution >= 4 is 43.6 Å². The summed E-state index contributed by atoms with van der Waals surface area (Å²) in [6.07, 6.45) is 6.68. The van der Waals surface area contributed by atoms with Crippen LogP contribution in [0.15, 0.2) is 33.7 Å². The van der Waals surface area contributed by atoms with E-state index >= 15 is 0 Å². The molecule has 0 amide bonds. The van der Waals surface area contributed by atoms with E-state index in [4.69, 9.17) is 9.47 Å². The van der Waals surface area contributed by atoms with Gasteiger partial charge in [-0.15, -0.1) is 0 Å². The standard InChI is InChI=1S/C23H25Br2NO3/c1-14-16(15-8-5-4-6-9-15)10-7-11-17(14)19(13-26)28-22(27)29-21-18(12-20(24)25)23(21,2)3/h7-8,10-12,18-19,21H,4-6,9H2,1-3H3. The molecule has 6 heteroatoms. The van der Waals surface area contributed by atoms with Gasteiger partial charge in [-0.2, -0.15) is 5.26 Å². The second-order valence-electron chi connectivity index (χ2n) is 8.21. The summed E-state index contributed by atoms with van der Waals surface area (Å²) in [5, 5.41) is 9.66. The van der Waals surface area contributed by atoms with E-state index in [0.717, 1.165) is 27.4 Å². The van der Waals surface area contributed by atoms with Crippen LogP contribution in [0.2, 0.25) is 0 Å². The summed E-state index contributed by atoms with van der Waals surface area (Å²) >= 11 is 6.70. The molecular formula is C23H25Br2NO3. The first-order chi connectivity index (χ1) is 13.8. The second-order valence-corrected chi connectivity index (χ2v) is 11.0. The molecule has 3 rings (SSSR count). The number of carbonyl (C=O) groups is 1. The number of ether oxygens (including phenoxy) is 2. The normalized spacial score (nSPS) is 23.2. The van der Waals surface area contributed by atoms with Crippen LogP contribution in [-0.4, -0.2) is 12.3 Å². The van der Waals surface area contributed by atoms with E-state index in [1.807, 2.05) is 39.0 Å². The minimum Gasteiger partial charge on any atom is -0.430 e. The lowest BCUT2D eigenvalue weighted by atomic mass is 9.88. The Labute approximate surface area is 189 Å². The third kappa shape index (κ3) is 4.95. The molecule has 0 bridgehead atoms. The maximum absolute atomic E-state index is 12.4. The quantitative estimate of drug-likeness (QED) is 0.380. The average Bonchev–Trinajstić information content (AvgIpc) is 3.18. The van der Waals surface area contributed by atoms with Gasteiger partial charge in [0.2, 0.25) is 6.10 Å². The number of halogens is 2. The largest absolute Gasteiger partial charge is 0.510 e. The monoisotopic (exact) mass is 521 g/mol. The molecule has 1 aromatic rings. The summed E-state index contributed by atoms with van der Waals surface area (Å²) in [5.41, 5.74) is 3.97. The Hall–Kier alpha value is -1.58. The summed E-state index contributed by atoms with van der Waals surface area (Å²) in [7, 11) is 0. The number of allylic oxidation sites excluding steroid dienone is 2. The summed E-state index contributed by atoms with van der Waals surface area (Å²) < 4.78 is 11.8. The highest BCUT2D eigenvalue weighted by Crippen LogP contribution is 2.56. The zero-order valence-electron chi connectivity index (χ0n) is 16.9. The molecule has 2 aliphatic carbocycles. The van der Waals surface area contributed by atoms with Crippen molar-refractivity contribution < 1.29 is 14.3 Å². The maximum atomic E-state index is 12.4. The summed E-state index contributed by atoms with van der Waals surface area (Å²) in [5.74, 6) is 0.0904. The first-order valence-electron chi connectivity index (χ1n) is 9.84. The van der Waals surface area contributed by atoms with Crippen LogP contribution in [0.5, 0.6) is 0 Å². The minimum atomic E-state index is -0.995. The van der Waals surface area contributed by atoms with Crippen molar-refractivity contribution in [3.8, 4) is 6.07 Å². The van der Waals surface area contributed by atoms with Gasteiger partial charge in [-0.05, 0) is 81.2 Å². The van der Waals surface area contributed by atoms with Crippen LogP contribution < -0.4 is 0 Å². The number of nitrogens with zero attached hydrogens (tertiary/aromatic N) is 1. The van der Waals surface area contributed by atoms with Crippen molar-refractivity contribution in [1.82, 2.24) is 0 Å². The van der Waals surface area contributed by atoms with E-state index in [1.165, 1.54) is 18.4 Å². The number of hydrogen-bond donors (Lipinski definition) is 0. The lowest BCUT2D eigenvalue weighted by molar-refractivity contribution is 0.0255. The van der Waals surface area contributed by atoms with E-state index in [0.29, 0.717) is 5.56 Å². The molecule has 0 spiro atoms. The van der Waals surface area contributed by atoms with Crippen LogP contribution in [0.4, 0.5) is 4.79 Å². The molecule has 0 radical (unpaired) electrons. The van der Waals surface area contributed by atoms with Crippen LogP contribution in [0.3, 0.4) is 0 Å². The molecule has 0 saturated heterocycles. The molecule has 0 N–H and O–H groups in total. The summed E-state index contributed by atoms with van der Waals surface area (Å²) in [6.45, 7) is 6.04. The number of benzene rings is 1. The average molecular weight is 523 g/mol. The molecule has 2 aliphatic rings. The first kappa shape index (κ1) is 22.1. The van der Waals surface area contributed by atoms with E-state index in [9.17, 15) is 10.1 Å². The fourth-order valence-electron chi connectivity index (χ4n) is 4.05. The Bertz CT molecular complexity index is 894. The van der Waals surface area contributed by atoms with Crippen molar-refractivity contribution in [2.75, 3.05) is 0 Å². The van der Waals surface area contributed by atoms with Crippen molar-refractivity contribution in [1.29, 1.82) is 5.26 Å². The molecular weight excluding hydrogens is 498 g/mol. The predicted molar refractivity (Wildman–Crippen MR) is 121 cm³/mol. The predicted octanol–water partition coefficient (Wildman–Crippen LogP) is 7.33.